The molecule has 11 heavy (non-hydrogen) atoms. The average molecular weight is 156 g/mol. The number of fused-ring (bicyclic) bond motifs is 1. The molecule has 0 saturated heterocycles. The van der Waals surface area contributed by atoms with E-state index in [2.05, 4.69) is 6.92 Å². The highest BCUT2D eigenvalue weighted by molar-refractivity contribution is 5.82. The first-order valence-electron chi connectivity index (χ1n) is 4.26. The van der Waals surface area contributed by atoms with Gasteiger partial charge in [0.15, 0.2) is 0 Å². The monoisotopic (exact) mass is 156 g/mol. The Morgan fingerprint density at radius 1 is 1.64 bits per heavy atom. The molecule has 0 aromatic rings. The molecule has 0 spiro atoms. The van der Waals surface area contributed by atoms with Gasteiger partial charge in [0.05, 0.1) is 0 Å². The Balaban J connectivity index is 2.19. The summed E-state index contributed by atoms with van der Waals surface area (Å²) in [7, 11) is 0. The first-order chi connectivity index (χ1) is 5.10. The Bertz CT molecular complexity index is 202. The minimum Gasteiger partial charge on any atom is -0.300 e. The van der Waals surface area contributed by atoms with Crippen LogP contribution in [0.2, 0.25) is 0 Å². The Morgan fingerprint density at radius 3 is 3.00 bits per heavy atom. The Morgan fingerprint density at radius 2 is 2.36 bits per heavy atom. The third-order valence-corrected chi connectivity index (χ3v) is 3.29. The molecule has 2 saturated carbocycles. The molecule has 0 aromatic carbocycles. The molecule has 2 fully saturated rings. The summed E-state index contributed by atoms with van der Waals surface area (Å²) >= 11 is 0. The fourth-order valence-electron chi connectivity index (χ4n) is 2.69. The molecule has 0 aromatic heterocycles. The molecule has 0 unspecified atom stereocenters. The summed E-state index contributed by atoms with van der Waals surface area (Å²) in [6, 6.07) is 0. The van der Waals surface area contributed by atoms with Crippen LogP contribution in [0.15, 0.2) is 0 Å². The van der Waals surface area contributed by atoms with E-state index in [1.807, 2.05) is 0 Å². The van der Waals surface area contributed by atoms with E-state index < -0.39 is 6.17 Å². The number of halogens is 1. The zero-order valence-corrected chi connectivity index (χ0v) is 6.77. The number of hydrogen-bond acceptors (Lipinski definition) is 1. The predicted octanol–water partition coefficient (Wildman–Crippen LogP) is 2.10. The van der Waals surface area contributed by atoms with Crippen LogP contribution in [-0.2, 0) is 4.79 Å². The molecule has 62 valence electrons. The van der Waals surface area contributed by atoms with Crippen LogP contribution in [0.25, 0.3) is 0 Å². The highest BCUT2D eigenvalue weighted by atomic mass is 19.1. The summed E-state index contributed by atoms with van der Waals surface area (Å²) in [6.45, 7) is 2.06. The smallest absolute Gasteiger partial charge is 0.133 e. The summed E-state index contributed by atoms with van der Waals surface area (Å²) in [5.74, 6) is 0.689. The Labute approximate surface area is 66.0 Å². The first-order valence-corrected chi connectivity index (χ1v) is 4.26. The molecule has 3 atom stereocenters. The van der Waals surface area contributed by atoms with Gasteiger partial charge in [0, 0.05) is 12.8 Å². The minimum absolute atomic E-state index is 0.0243. The van der Waals surface area contributed by atoms with Gasteiger partial charge >= 0.3 is 0 Å². The van der Waals surface area contributed by atoms with E-state index in [0.717, 1.165) is 0 Å². The normalized spacial score (nSPS) is 49.8. The van der Waals surface area contributed by atoms with E-state index >= 15 is 0 Å². The van der Waals surface area contributed by atoms with Gasteiger partial charge in [0.25, 0.3) is 0 Å². The van der Waals surface area contributed by atoms with Gasteiger partial charge in [-0.15, -0.1) is 0 Å². The minimum atomic E-state index is -0.641. The predicted molar refractivity (Wildman–Crippen MR) is 40.0 cm³/mol. The highest BCUT2D eigenvalue weighted by Crippen LogP contribution is 2.53. The molecule has 2 rings (SSSR count). The van der Waals surface area contributed by atoms with Crippen molar-refractivity contribution in [1.82, 2.24) is 0 Å². The lowest BCUT2D eigenvalue weighted by molar-refractivity contribution is -0.118. The summed E-state index contributed by atoms with van der Waals surface area (Å²) in [6.07, 6.45) is 1.86. The van der Waals surface area contributed by atoms with Gasteiger partial charge in [0.2, 0.25) is 0 Å². The van der Waals surface area contributed by atoms with Gasteiger partial charge in [-0.25, -0.2) is 4.39 Å². The molecule has 0 aliphatic heterocycles. The third kappa shape index (κ3) is 0.996. The first kappa shape index (κ1) is 7.26. The lowest BCUT2D eigenvalue weighted by atomic mass is 9.83. The SMILES string of the molecule is C[C@]12CC(=O)C[C@H]1C[C@H](F)C2. The second-order valence-electron chi connectivity index (χ2n) is 4.31. The molecule has 0 amide bonds. The van der Waals surface area contributed by atoms with Crippen LogP contribution in [0.5, 0.6) is 0 Å². The van der Waals surface area contributed by atoms with E-state index in [4.69, 9.17) is 0 Å². The maximum Gasteiger partial charge on any atom is 0.133 e. The molecule has 0 radical (unpaired) electrons. The van der Waals surface area contributed by atoms with E-state index in [1.54, 1.807) is 0 Å². The molecular weight excluding hydrogens is 143 g/mol. The summed E-state index contributed by atoms with van der Waals surface area (Å²) < 4.78 is 12.9. The molecule has 0 heterocycles. The van der Waals surface area contributed by atoms with E-state index in [9.17, 15) is 9.18 Å². The van der Waals surface area contributed by atoms with Gasteiger partial charge in [-0.2, -0.15) is 0 Å². The number of Topliss-reactive ketones (excluding diaryl/α,β-unsaturated/α-hetero) is 1. The second-order valence-corrected chi connectivity index (χ2v) is 4.31. The summed E-state index contributed by atoms with van der Waals surface area (Å²) in [4.78, 5) is 11.0. The molecule has 1 nitrogen and oxygen atoms in total. The zero-order chi connectivity index (χ0) is 8.06. The topological polar surface area (TPSA) is 17.1 Å². The Kier molecular flexibility index (Phi) is 1.35. The maximum atomic E-state index is 12.9. The van der Waals surface area contributed by atoms with Gasteiger partial charge in [-0.3, -0.25) is 4.79 Å². The number of rotatable bonds is 0. The van der Waals surface area contributed by atoms with Crippen molar-refractivity contribution in [2.24, 2.45) is 11.3 Å². The van der Waals surface area contributed by atoms with Crippen molar-refractivity contribution in [2.75, 3.05) is 0 Å². The third-order valence-electron chi connectivity index (χ3n) is 3.29. The number of ketones is 1. The van der Waals surface area contributed by atoms with E-state index in [-0.39, 0.29) is 5.41 Å². The fraction of sp³-hybridized carbons (Fsp3) is 0.889. The van der Waals surface area contributed by atoms with Crippen molar-refractivity contribution in [2.45, 2.75) is 38.8 Å². The van der Waals surface area contributed by atoms with Crippen LogP contribution in [0.4, 0.5) is 4.39 Å². The molecule has 0 bridgehead atoms. The van der Waals surface area contributed by atoms with Crippen molar-refractivity contribution < 1.29 is 9.18 Å². The number of alkyl halides is 1. The zero-order valence-electron chi connectivity index (χ0n) is 6.77. The van der Waals surface area contributed by atoms with Gasteiger partial charge in [-0.05, 0) is 24.2 Å². The second kappa shape index (κ2) is 2.05. The van der Waals surface area contributed by atoms with Crippen LogP contribution in [-0.4, -0.2) is 12.0 Å². The van der Waals surface area contributed by atoms with Crippen molar-refractivity contribution in [3.05, 3.63) is 0 Å². The van der Waals surface area contributed by atoms with Gasteiger partial charge < -0.3 is 0 Å². The van der Waals surface area contributed by atoms with Crippen molar-refractivity contribution in [3.8, 4) is 0 Å². The van der Waals surface area contributed by atoms with Crippen LogP contribution in [0.1, 0.15) is 32.6 Å². The highest BCUT2D eigenvalue weighted by Gasteiger charge is 2.50. The lowest BCUT2D eigenvalue weighted by Gasteiger charge is -2.20. The standard InChI is InChI=1S/C9H13FO/c1-9-4-7(10)2-6(9)3-8(11)5-9/h6-7H,2-5H2,1H3/t6-,7+,9+/m1/s1. The molecule has 2 heteroatoms. The number of carbonyl (C=O) groups excluding carboxylic acids is 1. The van der Waals surface area contributed by atoms with Crippen LogP contribution in [0.3, 0.4) is 0 Å². The van der Waals surface area contributed by atoms with Crippen LogP contribution in [0, 0.1) is 11.3 Å². The summed E-state index contributed by atoms with van der Waals surface area (Å²) in [5, 5.41) is 0. The summed E-state index contributed by atoms with van der Waals surface area (Å²) in [5.41, 5.74) is 0.0243. The molecular formula is C9H13FO. The Hall–Kier alpha value is -0.400. The molecule has 0 N–H and O–H groups in total. The fourth-order valence-corrected chi connectivity index (χ4v) is 2.69. The van der Waals surface area contributed by atoms with Crippen molar-refractivity contribution >= 4 is 5.78 Å². The number of carbonyl (C=O) groups is 1. The van der Waals surface area contributed by atoms with Crippen molar-refractivity contribution in [3.63, 3.8) is 0 Å². The number of hydrogen-bond donors (Lipinski definition) is 0. The lowest BCUT2D eigenvalue weighted by Crippen LogP contribution is -2.14. The van der Waals surface area contributed by atoms with Crippen LogP contribution >= 0.6 is 0 Å². The largest absolute Gasteiger partial charge is 0.300 e. The van der Waals surface area contributed by atoms with Gasteiger partial charge in [0.1, 0.15) is 12.0 Å². The van der Waals surface area contributed by atoms with Crippen molar-refractivity contribution in [1.29, 1.82) is 0 Å². The quantitative estimate of drug-likeness (QED) is 0.525. The average Bonchev–Trinajstić information content (AvgIpc) is 2.16. The van der Waals surface area contributed by atoms with E-state index in [0.29, 0.717) is 37.4 Å². The molecule has 2 aliphatic carbocycles. The maximum absolute atomic E-state index is 12.9. The van der Waals surface area contributed by atoms with E-state index in [1.165, 1.54) is 0 Å². The van der Waals surface area contributed by atoms with Gasteiger partial charge in [-0.1, -0.05) is 6.92 Å². The molecule has 2 aliphatic rings. The van der Waals surface area contributed by atoms with Crippen LogP contribution < -0.4 is 0 Å².